The van der Waals surface area contributed by atoms with Crippen molar-refractivity contribution in [2.24, 2.45) is 0 Å². The van der Waals surface area contributed by atoms with Gasteiger partial charge in [0, 0.05) is 6.07 Å². The Kier molecular flexibility index (Phi) is 3.30. The minimum atomic E-state index is -1.56. The maximum Gasteiger partial charge on any atom is 0.353 e. The summed E-state index contributed by atoms with van der Waals surface area (Å²) < 4.78 is 19.0. The summed E-state index contributed by atoms with van der Waals surface area (Å²) in [7, 11) is 0. The van der Waals surface area contributed by atoms with E-state index in [-0.39, 0.29) is 5.82 Å². The van der Waals surface area contributed by atoms with E-state index in [9.17, 15) is 19.4 Å². The van der Waals surface area contributed by atoms with Crippen LogP contribution < -0.4 is 11.4 Å². The number of hydrogen-bond acceptors (Lipinski definition) is 7. The number of hydrogen-bond donors (Lipinski definition) is 4. The van der Waals surface area contributed by atoms with Gasteiger partial charge in [-0.3, -0.25) is 0 Å². The third kappa shape index (κ3) is 1.97. The molecule has 0 spiro atoms. The Hall–Kier alpha value is -1.55. The molecule has 1 aliphatic rings. The smallest absolute Gasteiger partial charge is 0.353 e. The molecular formula is C9H12FN3O5. The van der Waals surface area contributed by atoms with Crippen LogP contribution in [0.5, 0.6) is 0 Å². The number of nitrogens with zero attached hydrogens (tertiary/aromatic N) is 2. The van der Waals surface area contributed by atoms with Crippen LogP contribution >= 0.6 is 0 Å². The molecule has 2 rings (SSSR count). The zero-order chi connectivity index (χ0) is 13.4. The number of halogens is 1. The predicted octanol–water partition coefficient (Wildman–Crippen LogP) is -2.42. The van der Waals surface area contributed by atoms with E-state index in [0.717, 1.165) is 6.07 Å². The van der Waals surface area contributed by atoms with Crippen LogP contribution in [0.3, 0.4) is 0 Å². The SMILES string of the molecule is Nc1cc(F)n([C@@H]2O[C@H](CO)C(O)C2O)c(=O)n1. The van der Waals surface area contributed by atoms with E-state index in [2.05, 4.69) is 4.98 Å². The fourth-order valence-electron chi connectivity index (χ4n) is 1.80. The molecule has 1 aromatic heterocycles. The number of rotatable bonds is 2. The molecule has 9 heteroatoms. The Labute approximate surface area is 100 Å². The van der Waals surface area contributed by atoms with Crippen molar-refractivity contribution in [1.82, 2.24) is 9.55 Å². The molecule has 8 nitrogen and oxygen atoms in total. The van der Waals surface area contributed by atoms with Gasteiger partial charge < -0.3 is 25.8 Å². The van der Waals surface area contributed by atoms with Crippen molar-refractivity contribution >= 4 is 5.82 Å². The van der Waals surface area contributed by atoms with Crippen LogP contribution in [0.15, 0.2) is 10.9 Å². The molecule has 1 aromatic rings. The number of aliphatic hydroxyl groups is 3. The number of ether oxygens (including phenoxy) is 1. The van der Waals surface area contributed by atoms with Gasteiger partial charge in [-0.15, -0.1) is 0 Å². The van der Waals surface area contributed by atoms with Gasteiger partial charge in [0.1, 0.15) is 24.1 Å². The second-order valence-electron chi connectivity index (χ2n) is 3.89. The summed E-state index contributed by atoms with van der Waals surface area (Å²) in [4.78, 5) is 14.8. The summed E-state index contributed by atoms with van der Waals surface area (Å²) in [6.07, 6.45) is -5.55. The molecule has 18 heavy (non-hydrogen) atoms. The molecule has 0 saturated carbocycles. The fraction of sp³-hybridized carbons (Fsp3) is 0.556. The first-order valence-corrected chi connectivity index (χ1v) is 5.12. The molecule has 2 unspecified atom stereocenters. The van der Waals surface area contributed by atoms with E-state index in [1.54, 1.807) is 0 Å². The van der Waals surface area contributed by atoms with E-state index in [1.807, 2.05) is 0 Å². The largest absolute Gasteiger partial charge is 0.394 e. The molecule has 1 aliphatic heterocycles. The molecule has 1 saturated heterocycles. The number of aromatic nitrogens is 2. The Morgan fingerprint density at radius 1 is 1.50 bits per heavy atom. The lowest BCUT2D eigenvalue weighted by molar-refractivity contribution is -0.0599. The van der Waals surface area contributed by atoms with Crippen LogP contribution in [0, 0.1) is 5.95 Å². The predicted molar refractivity (Wildman–Crippen MR) is 55.9 cm³/mol. The fourth-order valence-corrected chi connectivity index (χ4v) is 1.80. The highest BCUT2D eigenvalue weighted by atomic mass is 19.1. The van der Waals surface area contributed by atoms with Crippen LogP contribution in [0.4, 0.5) is 10.2 Å². The van der Waals surface area contributed by atoms with Crippen molar-refractivity contribution < 1.29 is 24.4 Å². The van der Waals surface area contributed by atoms with Gasteiger partial charge in [-0.2, -0.15) is 9.37 Å². The lowest BCUT2D eigenvalue weighted by atomic mass is 10.1. The standard InChI is InChI=1S/C9H12FN3O5/c10-4-1-5(11)12-9(17)13(4)8-7(16)6(15)3(2-14)18-8/h1,3,6-8,14-16H,2H2,(H2,11,12,17)/t3-,6?,7?,8-/m1/s1. The third-order valence-corrected chi connectivity index (χ3v) is 2.70. The highest BCUT2D eigenvalue weighted by molar-refractivity contribution is 5.24. The molecule has 0 bridgehead atoms. The summed E-state index contributed by atoms with van der Waals surface area (Å²) in [5.41, 5.74) is 4.13. The first-order valence-electron chi connectivity index (χ1n) is 5.12. The van der Waals surface area contributed by atoms with Crippen LogP contribution in [-0.2, 0) is 4.74 Å². The van der Waals surface area contributed by atoms with Crippen LogP contribution in [0.1, 0.15) is 6.23 Å². The minimum absolute atomic E-state index is 0.305. The summed E-state index contributed by atoms with van der Waals surface area (Å²) in [5, 5.41) is 28.1. The van der Waals surface area contributed by atoms with Crippen LogP contribution in [0.25, 0.3) is 0 Å². The molecule has 0 aromatic carbocycles. The normalized spacial score (nSPS) is 31.8. The molecule has 1 fully saturated rings. The van der Waals surface area contributed by atoms with Crippen molar-refractivity contribution in [2.75, 3.05) is 12.3 Å². The summed E-state index contributed by atoms with van der Waals surface area (Å²) in [6, 6.07) is 0.788. The monoisotopic (exact) mass is 261 g/mol. The van der Waals surface area contributed by atoms with Crippen LogP contribution in [0.2, 0.25) is 0 Å². The van der Waals surface area contributed by atoms with E-state index in [4.69, 9.17) is 15.6 Å². The quantitative estimate of drug-likeness (QED) is 0.435. The molecule has 4 atom stereocenters. The molecular weight excluding hydrogens is 249 g/mol. The Morgan fingerprint density at radius 2 is 2.17 bits per heavy atom. The van der Waals surface area contributed by atoms with Gasteiger partial charge in [0.2, 0.25) is 5.95 Å². The molecule has 0 radical (unpaired) electrons. The van der Waals surface area contributed by atoms with Crippen molar-refractivity contribution in [3.8, 4) is 0 Å². The van der Waals surface area contributed by atoms with Crippen molar-refractivity contribution in [3.63, 3.8) is 0 Å². The van der Waals surface area contributed by atoms with Gasteiger partial charge in [0.05, 0.1) is 6.61 Å². The van der Waals surface area contributed by atoms with E-state index >= 15 is 0 Å². The highest BCUT2D eigenvalue weighted by Crippen LogP contribution is 2.28. The average molecular weight is 261 g/mol. The summed E-state index contributed by atoms with van der Waals surface area (Å²) >= 11 is 0. The Morgan fingerprint density at radius 3 is 2.67 bits per heavy atom. The maximum atomic E-state index is 13.6. The van der Waals surface area contributed by atoms with Gasteiger partial charge in [0.25, 0.3) is 0 Å². The van der Waals surface area contributed by atoms with E-state index in [1.165, 1.54) is 0 Å². The Bertz CT molecular complexity index is 507. The number of aliphatic hydroxyl groups excluding tert-OH is 3. The number of anilines is 1. The van der Waals surface area contributed by atoms with Crippen LogP contribution in [-0.4, -0.2) is 49.8 Å². The zero-order valence-corrected chi connectivity index (χ0v) is 9.10. The van der Waals surface area contributed by atoms with Crippen molar-refractivity contribution in [2.45, 2.75) is 24.5 Å². The topological polar surface area (TPSA) is 131 Å². The summed E-state index contributed by atoms with van der Waals surface area (Å²) in [5.74, 6) is -1.36. The second kappa shape index (κ2) is 4.61. The van der Waals surface area contributed by atoms with E-state index in [0.29, 0.717) is 4.57 Å². The zero-order valence-electron chi connectivity index (χ0n) is 9.10. The van der Waals surface area contributed by atoms with Gasteiger partial charge in [-0.05, 0) is 0 Å². The first-order chi connectivity index (χ1) is 8.45. The number of nitrogen functional groups attached to an aromatic ring is 1. The molecule has 0 amide bonds. The maximum absolute atomic E-state index is 13.6. The highest BCUT2D eigenvalue weighted by Gasteiger charge is 2.44. The first kappa shape index (κ1) is 12.9. The van der Waals surface area contributed by atoms with Crippen molar-refractivity contribution in [1.29, 1.82) is 0 Å². The molecule has 100 valence electrons. The third-order valence-electron chi connectivity index (χ3n) is 2.70. The van der Waals surface area contributed by atoms with Gasteiger partial charge in [-0.25, -0.2) is 9.36 Å². The lowest BCUT2D eigenvalue weighted by Crippen LogP contribution is -2.37. The molecule has 2 heterocycles. The van der Waals surface area contributed by atoms with Crippen molar-refractivity contribution in [3.05, 3.63) is 22.5 Å². The van der Waals surface area contributed by atoms with Gasteiger partial charge >= 0.3 is 5.69 Å². The average Bonchev–Trinajstić information content (AvgIpc) is 2.56. The number of nitrogens with two attached hydrogens (primary N) is 1. The molecule has 0 aliphatic carbocycles. The Balaban J connectivity index is 2.42. The minimum Gasteiger partial charge on any atom is -0.394 e. The second-order valence-corrected chi connectivity index (χ2v) is 3.89. The van der Waals surface area contributed by atoms with Gasteiger partial charge in [-0.1, -0.05) is 0 Å². The molecule has 5 N–H and O–H groups in total. The summed E-state index contributed by atoms with van der Waals surface area (Å²) in [6.45, 7) is -0.576. The van der Waals surface area contributed by atoms with E-state index < -0.39 is 42.8 Å². The lowest BCUT2D eigenvalue weighted by Gasteiger charge is -2.17. The van der Waals surface area contributed by atoms with Gasteiger partial charge in [0.15, 0.2) is 6.23 Å².